The van der Waals surface area contributed by atoms with Gasteiger partial charge in [-0.2, -0.15) is 0 Å². The van der Waals surface area contributed by atoms with Gasteiger partial charge in [-0.15, -0.1) is 0 Å². The lowest BCUT2D eigenvalue weighted by atomic mass is 10.1. The van der Waals surface area contributed by atoms with Crippen molar-refractivity contribution in [3.8, 4) is 5.75 Å². The van der Waals surface area contributed by atoms with E-state index in [1.165, 1.54) is 21.2 Å². The van der Waals surface area contributed by atoms with Gasteiger partial charge in [-0.05, 0) is 48.6 Å². The highest BCUT2D eigenvalue weighted by atomic mass is 32.2. The van der Waals surface area contributed by atoms with Crippen LogP contribution in [0.2, 0.25) is 0 Å². The Bertz CT molecular complexity index is 835. The summed E-state index contributed by atoms with van der Waals surface area (Å²) in [4.78, 5) is 7.33. The fraction of sp³-hybridized carbons (Fsp3) is 0.105. The second kappa shape index (κ2) is 5.97. The molecule has 1 N–H and O–H groups in total. The maximum atomic E-state index is 5.18. The van der Waals surface area contributed by atoms with Crippen molar-refractivity contribution >= 4 is 28.8 Å². The van der Waals surface area contributed by atoms with E-state index in [0.717, 1.165) is 23.6 Å². The van der Waals surface area contributed by atoms with Crippen molar-refractivity contribution in [3.05, 3.63) is 71.3 Å². The number of thioether (sulfide) groups is 1. The van der Waals surface area contributed by atoms with Gasteiger partial charge in [0.05, 0.1) is 18.5 Å². The number of allylic oxidation sites excluding steroid dienone is 3. The molecule has 4 rings (SSSR count). The van der Waals surface area contributed by atoms with Gasteiger partial charge >= 0.3 is 0 Å². The van der Waals surface area contributed by atoms with Gasteiger partial charge in [0.2, 0.25) is 0 Å². The van der Waals surface area contributed by atoms with E-state index in [1.807, 2.05) is 36.0 Å². The van der Waals surface area contributed by atoms with Crippen molar-refractivity contribution in [1.82, 2.24) is 0 Å². The molecular formula is C19H16N2OS. The summed E-state index contributed by atoms with van der Waals surface area (Å²) in [5.41, 5.74) is 4.38. The Morgan fingerprint density at radius 1 is 1.04 bits per heavy atom. The molecule has 0 saturated carbocycles. The third-order valence-corrected chi connectivity index (χ3v) is 5.01. The SMILES string of the molecule is COc1ccc(N=C2C=CC3=C(C2)Sc2ccccc2N3)cc1. The third kappa shape index (κ3) is 2.90. The lowest BCUT2D eigenvalue weighted by Gasteiger charge is -2.24. The van der Waals surface area contributed by atoms with Gasteiger partial charge in [0.25, 0.3) is 0 Å². The van der Waals surface area contributed by atoms with E-state index in [4.69, 9.17) is 9.73 Å². The first-order chi connectivity index (χ1) is 11.3. The second-order valence-electron chi connectivity index (χ2n) is 5.37. The van der Waals surface area contributed by atoms with Crippen LogP contribution in [0.4, 0.5) is 11.4 Å². The molecule has 23 heavy (non-hydrogen) atoms. The first-order valence-electron chi connectivity index (χ1n) is 7.48. The Kier molecular flexibility index (Phi) is 3.67. The van der Waals surface area contributed by atoms with Crippen LogP contribution >= 0.6 is 11.8 Å². The molecule has 1 aliphatic heterocycles. The smallest absolute Gasteiger partial charge is 0.119 e. The molecule has 3 nitrogen and oxygen atoms in total. The van der Waals surface area contributed by atoms with Gasteiger partial charge in [0, 0.05) is 27.6 Å². The fourth-order valence-electron chi connectivity index (χ4n) is 2.63. The lowest BCUT2D eigenvalue weighted by molar-refractivity contribution is 0.415. The predicted octanol–water partition coefficient (Wildman–Crippen LogP) is 5.16. The Balaban J connectivity index is 1.56. The summed E-state index contributed by atoms with van der Waals surface area (Å²) in [6, 6.07) is 16.2. The summed E-state index contributed by atoms with van der Waals surface area (Å²) < 4.78 is 5.18. The number of nitrogens with one attached hydrogen (secondary N) is 1. The van der Waals surface area contributed by atoms with Gasteiger partial charge < -0.3 is 10.1 Å². The van der Waals surface area contributed by atoms with Crippen molar-refractivity contribution < 1.29 is 4.74 Å². The minimum absolute atomic E-state index is 0.849. The third-order valence-electron chi connectivity index (χ3n) is 3.82. The number of hydrogen-bond donors (Lipinski definition) is 1. The van der Waals surface area contributed by atoms with Crippen LogP contribution in [-0.4, -0.2) is 12.8 Å². The van der Waals surface area contributed by atoms with Crippen LogP contribution in [0, 0.1) is 0 Å². The van der Waals surface area contributed by atoms with Crippen molar-refractivity contribution in [2.24, 2.45) is 4.99 Å². The van der Waals surface area contributed by atoms with Crippen LogP contribution in [0.15, 0.2) is 81.2 Å². The summed E-state index contributed by atoms with van der Waals surface area (Å²) in [6.45, 7) is 0. The largest absolute Gasteiger partial charge is 0.497 e. The number of ether oxygens (including phenoxy) is 1. The number of hydrogen-bond acceptors (Lipinski definition) is 4. The summed E-state index contributed by atoms with van der Waals surface area (Å²) in [6.07, 6.45) is 5.05. The van der Waals surface area contributed by atoms with Gasteiger partial charge in [0.1, 0.15) is 5.75 Å². The Labute approximate surface area is 139 Å². The number of fused-ring (bicyclic) bond motifs is 1. The maximum Gasteiger partial charge on any atom is 0.119 e. The molecule has 114 valence electrons. The average Bonchev–Trinajstić information content (AvgIpc) is 2.60. The molecule has 2 aromatic rings. The van der Waals surface area contributed by atoms with Crippen molar-refractivity contribution in [2.45, 2.75) is 11.3 Å². The molecule has 2 aromatic carbocycles. The first-order valence-corrected chi connectivity index (χ1v) is 8.30. The molecule has 4 heteroatoms. The van der Waals surface area contributed by atoms with Gasteiger partial charge in [-0.3, -0.25) is 4.99 Å². The van der Waals surface area contributed by atoms with Gasteiger partial charge in [0.15, 0.2) is 0 Å². The van der Waals surface area contributed by atoms with E-state index in [2.05, 4.69) is 41.7 Å². The second-order valence-corrected chi connectivity index (χ2v) is 6.51. The topological polar surface area (TPSA) is 33.6 Å². The Morgan fingerprint density at radius 2 is 1.87 bits per heavy atom. The highest BCUT2D eigenvalue weighted by Gasteiger charge is 2.20. The zero-order valence-corrected chi connectivity index (χ0v) is 13.6. The molecular weight excluding hydrogens is 304 g/mol. The number of benzene rings is 2. The molecule has 0 unspecified atom stereocenters. The van der Waals surface area contributed by atoms with Crippen LogP contribution in [-0.2, 0) is 0 Å². The number of methoxy groups -OCH3 is 1. The molecule has 2 aliphatic rings. The van der Waals surface area contributed by atoms with Crippen molar-refractivity contribution in [1.29, 1.82) is 0 Å². The molecule has 0 fully saturated rings. The number of para-hydroxylation sites is 1. The fourth-order valence-corrected chi connectivity index (χ4v) is 3.72. The molecule has 0 aromatic heterocycles. The van der Waals surface area contributed by atoms with Crippen molar-refractivity contribution in [2.75, 3.05) is 12.4 Å². The Hall–Kier alpha value is -2.46. The van der Waals surface area contributed by atoms with Crippen molar-refractivity contribution in [3.63, 3.8) is 0 Å². The minimum Gasteiger partial charge on any atom is -0.497 e. The number of nitrogens with zero attached hydrogens (tertiary/aromatic N) is 1. The van der Waals surface area contributed by atoms with Crippen LogP contribution in [0.3, 0.4) is 0 Å². The summed E-state index contributed by atoms with van der Waals surface area (Å²) in [5, 5.41) is 3.50. The van der Waals surface area contributed by atoms with Crippen LogP contribution in [0.25, 0.3) is 0 Å². The summed E-state index contributed by atoms with van der Waals surface area (Å²) in [7, 11) is 1.67. The predicted molar refractivity (Wildman–Crippen MR) is 96.8 cm³/mol. The molecule has 0 spiro atoms. The summed E-state index contributed by atoms with van der Waals surface area (Å²) >= 11 is 1.83. The quantitative estimate of drug-likeness (QED) is 0.830. The van der Waals surface area contributed by atoms with Crippen LogP contribution in [0.1, 0.15) is 6.42 Å². The zero-order chi connectivity index (χ0) is 15.6. The first kappa shape index (κ1) is 14.2. The van der Waals surface area contributed by atoms with Crippen LogP contribution < -0.4 is 10.1 Å². The number of aliphatic imine (C=N–C) groups is 1. The van der Waals surface area contributed by atoms with E-state index in [9.17, 15) is 0 Å². The molecule has 0 amide bonds. The van der Waals surface area contributed by atoms with Gasteiger partial charge in [-0.1, -0.05) is 23.9 Å². The highest BCUT2D eigenvalue weighted by Crippen LogP contribution is 2.42. The minimum atomic E-state index is 0.849. The number of rotatable bonds is 2. The van der Waals surface area contributed by atoms with Crippen LogP contribution in [0.5, 0.6) is 5.75 Å². The monoisotopic (exact) mass is 320 g/mol. The van der Waals surface area contributed by atoms with E-state index in [1.54, 1.807) is 7.11 Å². The average molecular weight is 320 g/mol. The number of anilines is 1. The molecule has 1 heterocycles. The van der Waals surface area contributed by atoms with E-state index >= 15 is 0 Å². The van der Waals surface area contributed by atoms with Gasteiger partial charge in [-0.25, -0.2) is 0 Å². The highest BCUT2D eigenvalue weighted by molar-refractivity contribution is 8.03. The van der Waals surface area contributed by atoms with E-state index in [0.29, 0.717) is 0 Å². The molecule has 1 aliphatic carbocycles. The molecule has 0 saturated heterocycles. The summed E-state index contributed by atoms with van der Waals surface area (Å²) in [5.74, 6) is 0.849. The standard InChI is InChI=1S/C19H16N2OS/c1-22-15-9-6-13(7-10-15)20-14-8-11-17-19(12-14)23-18-5-3-2-4-16(18)21-17/h2-11,21H,12H2,1H3. The molecule has 0 radical (unpaired) electrons. The maximum absolute atomic E-state index is 5.18. The molecule has 0 bridgehead atoms. The normalized spacial score (nSPS) is 17.5. The zero-order valence-electron chi connectivity index (χ0n) is 12.7. The Morgan fingerprint density at radius 3 is 2.70 bits per heavy atom. The lowest BCUT2D eigenvalue weighted by Crippen LogP contribution is -2.12. The van der Waals surface area contributed by atoms with E-state index in [-0.39, 0.29) is 0 Å². The molecule has 0 atom stereocenters. The van der Waals surface area contributed by atoms with E-state index < -0.39 is 0 Å².